The number of fused-ring (bicyclic) bond motifs is 5. The lowest BCUT2D eigenvalue weighted by Gasteiger charge is -2.65. The van der Waals surface area contributed by atoms with Crippen LogP contribution in [0.4, 0.5) is 0 Å². The van der Waals surface area contributed by atoms with Gasteiger partial charge in [-0.1, -0.05) is 33.4 Å². The lowest BCUT2D eigenvalue weighted by molar-refractivity contribution is -0.204. The Morgan fingerprint density at radius 2 is 1.88 bits per heavy atom. The number of hydrogen-bond acceptors (Lipinski definition) is 3. The van der Waals surface area contributed by atoms with Crippen LogP contribution in [0.5, 0.6) is 0 Å². The highest BCUT2D eigenvalue weighted by Gasteiger charge is 2.68. The predicted octanol–water partition coefficient (Wildman–Crippen LogP) is 3.98. The summed E-state index contributed by atoms with van der Waals surface area (Å²) in [7, 11) is 0. The number of aliphatic hydroxyl groups is 2. The zero-order valence-electron chi connectivity index (χ0n) is 15.6. The van der Waals surface area contributed by atoms with E-state index in [9.17, 15) is 15.5 Å². The van der Waals surface area contributed by atoms with E-state index < -0.39 is 23.0 Å². The van der Waals surface area contributed by atoms with Gasteiger partial charge < -0.3 is 10.2 Å². The van der Waals surface area contributed by atoms with Gasteiger partial charge in [0.15, 0.2) is 0 Å². The number of nitrogens with zero attached hydrogens (tertiary/aromatic N) is 1. The van der Waals surface area contributed by atoms with Crippen molar-refractivity contribution in [2.24, 2.45) is 34.5 Å². The maximum absolute atomic E-state index is 11.7. The van der Waals surface area contributed by atoms with Crippen molar-refractivity contribution in [1.29, 1.82) is 5.26 Å². The summed E-state index contributed by atoms with van der Waals surface area (Å²) < 4.78 is 0. The lowest BCUT2D eigenvalue weighted by atomic mass is 9.40. The molecule has 0 heterocycles. The predicted molar refractivity (Wildman–Crippen MR) is 97.3 cm³/mol. The molecule has 3 nitrogen and oxygen atoms in total. The van der Waals surface area contributed by atoms with Crippen LogP contribution in [0.15, 0.2) is 24.3 Å². The molecule has 4 fully saturated rings. The van der Waals surface area contributed by atoms with Crippen molar-refractivity contribution in [2.45, 2.75) is 70.5 Å². The number of rotatable bonds is 0. The molecule has 0 unspecified atom stereocenters. The molecule has 3 heteroatoms. The Balaban J connectivity index is 1.84. The van der Waals surface area contributed by atoms with E-state index >= 15 is 0 Å². The van der Waals surface area contributed by atoms with Crippen molar-refractivity contribution >= 4 is 0 Å². The fraction of sp³-hybridized carbons (Fsp3) is 0.773. The summed E-state index contributed by atoms with van der Waals surface area (Å²) in [5.74, 6) is 1.00. The van der Waals surface area contributed by atoms with Crippen LogP contribution in [0.1, 0.15) is 58.8 Å². The SMILES string of the molecule is C=C1C(=C)[C@]2(C)[C@H]3CC[C@]4(C)CCC[C@H]4[C@@H]3C[C@@H](C#N)[C@@]2(O)C[C@@H]1O. The molecule has 0 spiro atoms. The second-order valence-corrected chi connectivity index (χ2v) is 9.73. The van der Waals surface area contributed by atoms with E-state index in [4.69, 9.17) is 0 Å². The third kappa shape index (κ3) is 1.93. The average Bonchev–Trinajstić information content (AvgIpc) is 2.97. The fourth-order valence-electron chi connectivity index (χ4n) is 7.43. The summed E-state index contributed by atoms with van der Waals surface area (Å²) in [6, 6.07) is 2.42. The normalized spacial score (nSPS) is 55.1. The molecule has 0 radical (unpaired) electrons. The molecule has 0 aliphatic heterocycles. The minimum atomic E-state index is -1.20. The van der Waals surface area contributed by atoms with Crippen molar-refractivity contribution in [1.82, 2.24) is 0 Å². The molecular formula is C22H31NO2. The summed E-state index contributed by atoms with van der Waals surface area (Å²) in [4.78, 5) is 0. The molecule has 4 aliphatic rings. The highest BCUT2D eigenvalue weighted by Crippen LogP contribution is 2.69. The van der Waals surface area contributed by atoms with E-state index in [0.717, 1.165) is 18.4 Å². The van der Waals surface area contributed by atoms with Crippen molar-refractivity contribution in [3.8, 4) is 6.07 Å². The quantitative estimate of drug-likeness (QED) is 0.700. The Labute approximate surface area is 151 Å². The maximum Gasteiger partial charge on any atom is 0.0929 e. The van der Waals surface area contributed by atoms with Crippen LogP contribution in [0.2, 0.25) is 0 Å². The van der Waals surface area contributed by atoms with Crippen molar-refractivity contribution in [3.63, 3.8) is 0 Å². The van der Waals surface area contributed by atoms with Crippen LogP contribution in [0.3, 0.4) is 0 Å². The second-order valence-electron chi connectivity index (χ2n) is 9.73. The van der Waals surface area contributed by atoms with Gasteiger partial charge in [-0.25, -0.2) is 0 Å². The molecule has 0 bridgehead atoms. The van der Waals surface area contributed by atoms with E-state index in [0.29, 0.717) is 28.7 Å². The number of aliphatic hydroxyl groups excluding tert-OH is 1. The first kappa shape index (κ1) is 17.3. The third-order valence-electron chi connectivity index (χ3n) is 9.02. The number of hydrogen-bond donors (Lipinski definition) is 2. The van der Waals surface area contributed by atoms with Gasteiger partial charge in [0.25, 0.3) is 0 Å². The summed E-state index contributed by atoms with van der Waals surface area (Å²) in [6.07, 6.45) is 6.30. The van der Waals surface area contributed by atoms with Crippen molar-refractivity contribution in [3.05, 3.63) is 24.3 Å². The van der Waals surface area contributed by atoms with E-state index in [1.165, 1.54) is 25.7 Å². The molecule has 8 atom stereocenters. The Morgan fingerprint density at radius 1 is 1.16 bits per heavy atom. The molecule has 25 heavy (non-hydrogen) atoms. The first-order chi connectivity index (χ1) is 11.7. The van der Waals surface area contributed by atoms with Gasteiger partial charge in [-0.2, -0.15) is 5.26 Å². The van der Waals surface area contributed by atoms with E-state index in [1.54, 1.807) is 0 Å². The molecule has 4 rings (SSSR count). The number of nitriles is 1. The molecule has 0 aromatic heterocycles. The van der Waals surface area contributed by atoms with Gasteiger partial charge in [0, 0.05) is 11.8 Å². The molecule has 4 saturated carbocycles. The van der Waals surface area contributed by atoms with Gasteiger partial charge in [0.2, 0.25) is 0 Å². The lowest BCUT2D eigenvalue weighted by Crippen LogP contribution is -2.67. The first-order valence-electron chi connectivity index (χ1n) is 9.87. The second kappa shape index (κ2) is 5.21. The maximum atomic E-state index is 11.7. The fourth-order valence-corrected chi connectivity index (χ4v) is 7.43. The van der Waals surface area contributed by atoms with Gasteiger partial charge in [0.1, 0.15) is 0 Å². The monoisotopic (exact) mass is 341 g/mol. The molecule has 4 aliphatic carbocycles. The minimum absolute atomic E-state index is 0.213. The highest BCUT2D eigenvalue weighted by molar-refractivity contribution is 5.44. The third-order valence-corrected chi connectivity index (χ3v) is 9.02. The van der Waals surface area contributed by atoms with E-state index in [-0.39, 0.29) is 6.42 Å². The molecular weight excluding hydrogens is 310 g/mol. The smallest absolute Gasteiger partial charge is 0.0929 e. The van der Waals surface area contributed by atoms with E-state index in [1.807, 2.05) is 0 Å². The molecule has 0 aromatic rings. The highest BCUT2D eigenvalue weighted by atomic mass is 16.3. The van der Waals surface area contributed by atoms with Gasteiger partial charge >= 0.3 is 0 Å². The molecule has 0 saturated heterocycles. The minimum Gasteiger partial charge on any atom is -0.388 e. The van der Waals surface area contributed by atoms with Crippen LogP contribution in [-0.4, -0.2) is 21.9 Å². The Bertz CT molecular complexity index is 678. The molecule has 0 aromatic carbocycles. The van der Waals surface area contributed by atoms with Crippen LogP contribution >= 0.6 is 0 Å². The molecule has 0 amide bonds. The molecule has 136 valence electrons. The Kier molecular flexibility index (Phi) is 3.61. The Hall–Kier alpha value is -1.11. The standard InChI is InChI=1S/C22H31NO2/c1-13-14(2)21(4)18-7-9-20(3)8-5-6-17(20)16(18)10-15(12-23)22(21,25)11-19(13)24/h15-19,24-25H,1-2,5-11H2,3-4H3/t15-,16-,17-,18-,19-,20-,21+,22-/m0/s1. The summed E-state index contributed by atoms with van der Waals surface area (Å²) in [6.45, 7) is 12.9. The van der Waals surface area contributed by atoms with Gasteiger partial charge in [-0.3, -0.25) is 0 Å². The largest absolute Gasteiger partial charge is 0.388 e. The van der Waals surface area contributed by atoms with Crippen LogP contribution in [0, 0.1) is 45.8 Å². The van der Waals surface area contributed by atoms with Crippen molar-refractivity contribution < 1.29 is 10.2 Å². The zero-order valence-corrected chi connectivity index (χ0v) is 15.6. The topological polar surface area (TPSA) is 64.2 Å². The van der Waals surface area contributed by atoms with Crippen molar-refractivity contribution in [2.75, 3.05) is 0 Å². The van der Waals surface area contributed by atoms with Crippen LogP contribution < -0.4 is 0 Å². The van der Waals surface area contributed by atoms with Crippen LogP contribution in [-0.2, 0) is 0 Å². The Morgan fingerprint density at radius 3 is 2.56 bits per heavy atom. The van der Waals surface area contributed by atoms with Gasteiger partial charge in [-0.05, 0) is 66.4 Å². The first-order valence-corrected chi connectivity index (χ1v) is 9.87. The van der Waals surface area contributed by atoms with Crippen LogP contribution in [0.25, 0.3) is 0 Å². The van der Waals surface area contributed by atoms with Gasteiger partial charge in [-0.15, -0.1) is 0 Å². The van der Waals surface area contributed by atoms with Gasteiger partial charge in [0.05, 0.1) is 23.7 Å². The zero-order chi connectivity index (χ0) is 18.2. The summed E-state index contributed by atoms with van der Waals surface area (Å²) in [5.41, 5.74) is 0.0813. The molecule has 2 N–H and O–H groups in total. The summed E-state index contributed by atoms with van der Waals surface area (Å²) >= 11 is 0. The van der Waals surface area contributed by atoms with E-state index in [2.05, 4.69) is 33.1 Å². The summed E-state index contributed by atoms with van der Waals surface area (Å²) in [5, 5.41) is 32.1. The average molecular weight is 341 g/mol.